The van der Waals surface area contributed by atoms with Crippen molar-refractivity contribution in [3.63, 3.8) is 0 Å². The van der Waals surface area contributed by atoms with Crippen molar-refractivity contribution >= 4 is 11.8 Å². The molecule has 2 aliphatic heterocycles. The summed E-state index contributed by atoms with van der Waals surface area (Å²) in [4.78, 5) is 27.1. The molecule has 0 radical (unpaired) electrons. The molecule has 3 N–H and O–H groups in total. The third-order valence-corrected chi connectivity index (χ3v) is 6.40. The van der Waals surface area contributed by atoms with Gasteiger partial charge in [0, 0.05) is 38.3 Å². The number of nitrogens with two attached hydrogens (primary N) is 1. The molecule has 172 valence electrons. The summed E-state index contributed by atoms with van der Waals surface area (Å²) in [6, 6.07) is 13.0. The quantitative estimate of drug-likeness (QED) is 0.725. The monoisotopic (exact) mass is 450 g/mol. The summed E-state index contributed by atoms with van der Waals surface area (Å²) < 4.78 is 18.4. The zero-order valence-electron chi connectivity index (χ0n) is 18.4. The second kappa shape index (κ2) is 9.69. The zero-order valence-corrected chi connectivity index (χ0v) is 18.4. The first-order valence-corrected chi connectivity index (χ1v) is 11.1. The van der Waals surface area contributed by atoms with E-state index in [0.29, 0.717) is 57.6 Å². The molecule has 0 aliphatic carbocycles. The summed E-state index contributed by atoms with van der Waals surface area (Å²) in [6.07, 6.45) is 1.93. The van der Waals surface area contributed by atoms with Crippen LogP contribution in [0, 0.1) is 17.1 Å². The van der Waals surface area contributed by atoms with Crippen LogP contribution in [0.2, 0.25) is 0 Å². The van der Waals surface area contributed by atoms with Gasteiger partial charge in [-0.05, 0) is 60.2 Å². The Hall–Kier alpha value is -3.28. The highest BCUT2D eigenvalue weighted by atomic mass is 19.1. The van der Waals surface area contributed by atoms with Crippen LogP contribution in [0.4, 0.5) is 4.39 Å². The molecule has 1 atom stereocenters. The van der Waals surface area contributed by atoms with Crippen LogP contribution in [-0.4, -0.2) is 48.1 Å². The maximum absolute atomic E-state index is 13.1. The molecule has 1 fully saturated rings. The van der Waals surface area contributed by atoms with Crippen molar-refractivity contribution in [2.24, 2.45) is 5.73 Å². The zero-order chi connectivity index (χ0) is 23.4. The fourth-order valence-electron chi connectivity index (χ4n) is 4.31. The summed E-state index contributed by atoms with van der Waals surface area (Å²) in [5, 5.41) is 12.4. The molecular formula is C25H27FN4O3. The van der Waals surface area contributed by atoms with Crippen LogP contribution in [-0.2, 0) is 28.9 Å². The smallest absolute Gasteiger partial charge is 0.254 e. The highest BCUT2D eigenvalue weighted by Gasteiger charge is 2.37. The van der Waals surface area contributed by atoms with E-state index in [-0.39, 0.29) is 17.6 Å². The van der Waals surface area contributed by atoms with E-state index in [1.54, 1.807) is 4.90 Å². The predicted octanol–water partition coefficient (Wildman–Crippen LogP) is 2.08. The van der Waals surface area contributed by atoms with Gasteiger partial charge >= 0.3 is 0 Å². The van der Waals surface area contributed by atoms with Crippen molar-refractivity contribution in [2.45, 2.75) is 43.8 Å². The van der Waals surface area contributed by atoms with Crippen LogP contribution in [0.5, 0.6) is 0 Å². The Labute approximate surface area is 192 Å². The number of fused-ring (bicyclic) bond motifs is 1. The van der Waals surface area contributed by atoms with Gasteiger partial charge in [-0.3, -0.25) is 9.59 Å². The summed E-state index contributed by atoms with van der Waals surface area (Å²) in [7, 11) is 0. The Balaban J connectivity index is 1.39. The lowest BCUT2D eigenvalue weighted by Gasteiger charge is -2.32. The van der Waals surface area contributed by atoms with E-state index in [0.717, 1.165) is 16.7 Å². The average molecular weight is 451 g/mol. The van der Waals surface area contributed by atoms with Crippen molar-refractivity contribution in [3.05, 3.63) is 70.5 Å². The van der Waals surface area contributed by atoms with E-state index in [2.05, 4.69) is 11.4 Å². The molecule has 33 heavy (non-hydrogen) atoms. The molecule has 2 aromatic carbocycles. The minimum absolute atomic E-state index is 0.124. The topological polar surface area (TPSA) is 108 Å². The van der Waals surface area contributed by atoms with Gasteiger partial charge in [0.2, 0.25) is 5.91 Å². The minimum atomic E-state index is -0.996. The Kier molecular flexibility index (Phi) is 6.72. The highest BCUT2D eigenvalue weighted by Crippen LogP contribution is 2.23. The van der Waals surface area contributed by atoms with E-state index in [9.17, 15) is 19.2 Å². The molecule has 8 heteroatoms. The van der Waals surface area contributed by atoms with Crippen molar-refractivity contribution in [3.8, 4) is 6.07 Å². The normalized spacial score (nSPS) is 18.0. The van der Waals surface area contributed by atoms with Crippen molar-refractivity contribution in [1.82, 2.24) is 10.2 Å². The lowest BCUT2D eigenvalue weighted by atomic mass is 9.89. The van der Waals surface area contributed by atoms with Gasteiger partial charge in [-0.1, -0.05) is 18.2 Å². The first-order valence-electron chi connectivity index (χ1n) is 11.1. The molecule has 2 aromatic rings. The van der Waals surface area contributed by atoms with Crippen molar-refractivity contribution in [1.29, 1.82) is 5.26 Å². The van der Waals surface area contributed by atoms with Crippen LogP contribution >= 0.6 is 0 Å². The Morgan fingerprint density at radius 1 is 1.18 bits per heavy atom. The third-order valence-electron chi connectivity index (χ3n) is 6.40. The standard InChI is InChI=1S/C25H27FN4O3/c26-21-5-3-18(4-6-21)23(31)30-10-7-19-13-17(1-2-20(19)16-30)14-22(15-27)29-24(32)25(28)8-11-33-12-9-25/h1-6,13,22H,7-12,14,16,28H2,(H,29,32)/t22-/m0/s1. The molecule has 0 bridgehead atoms. The number of carbonyl (C=O) groups excluding carboxylic acids is 2. The largest absolute Gasteiger partial charge is 0.381 e. The molecule has 7 nitrogen and oxygen atoms in total. The number of hydrogen-bond donors (Lipinski definition) is 2. The Morgan fingerprint density at radius 3 is 2.61 bits per heavy atom. The molecule has 2 heterocycles. The highest BCUT2D eigenvalue weighted by molar-refractivity contribution is 5.94. The van der Waals surface area contributed by atoms with Gasteiger partial charge in [-0.15, -0.1) is 0 Å². The molecule has 4 rings (SSSR count). The van der Waals surface area contributed by atoms with Crippen LogP contribution in [0.1, 0.15) is 39.9 Å². The molecule has 1 saturated heterocycles. The molecule has 0 aromatic heterocycles. The molecule has 2 aliphatic rings. The fraction of sp³-hybridized carbons (Fsp3) is 0.400. The first-order chi connectivity index (χ1) is 15.9. The number of halogens is 1. The van der Waals surface area contributed by atoms with E-state index in [1.165, 1.54) is 24.3 Å². The van der Waals surface area contributed by atoms with Crippen LogP contribution in [0.3, 0.4) is 0 Å². The van der Waals surface area contributed by atoms with Gasteiger partial charge in [0.15, 0.2) is 0 Å². The van der Waals surface area contributed by atoms with Crippen molar-refractivity contribution < 1.29 is 18.7 Å². The molecular weight excluding hydrogens is 423 g/mol. The van der Waals surface area contributed by atoms with Gasteiger partial charge in [-0.25, -0.2) is 4.39 Å². The second-order valence-corrected chi connectivity index (χ2v) is 8.71. The molecule has 0 spiro atoms. The lowest BCUT2D eigenvalue weighted by molar-refractivity contribution is -0.130. The lowest BCUT2D eigenvalue weighted by Crippen LogP contribution is -2.58. The predicted molar refractivity (Wildman–Crippen MR) is 120 cm³/mol. The van der Waals surface area contributed by atoms with E-state index >= 15 is 0 Å². The maximum Gasteiger partial charge on any atom is 0.254 e. The summed E-state index contributed by atoms with van der Waals surface area (Å²) in [5.41, 5.74) is 8.80. The van der Waals surface area contributed by atoms with Gasteiger partial charge in [-0.2, -0.15) is 5.26 Å². The van der Waals surface area contributed by atoms with Crippen LogP contribution < -0.4 is 11.1 Å². The number of nitrogens with zero attached hydrogens (tertiary/aromatic N) is 2. The Morgan fingerprint density at radius 2 is 1.91 bits per heavy atom. The first kappa shape index (κ1) is 22.9. The SMILES string of the molecule is N#C[C@H](Cc1ccc2c(c1)CCN(C(=O)c1ccc(F)cc1)C2)NC(=O)C1(N)CCOCC1. The maximum atomic E-state index is 13.1. The average Bonchev–Trinajstić information content (AvgIpc) is 2.83. The summed E-state index contributed by atoms with van der Waals surface area (Å²) >= 11 is 0. The minimum Gasteiger partial charge on any atom is -0.381 e. The van der Waals surface area contributed by atoms with Gasteiger partial charge in [0.25, 0.3) is 5.91 Å². The van der Waals surface area contributed by atoms with Gasteiger partial charge in [0.05, 0.1) is 11.6 Å². The van der Waals surface area contributed by atoms with Crippen LogP contribution in [0.25, 0.3) is 0 Å². The molecule has 0 saturated carbocycles. The number of nitriles is 1. The number of nitrogens with one attached hydrogen (secondary N) is 1. The number of benzene rings is 2. The number of hydrogen-bond acceptors (Lipinski definition) is 5. The third kappa shape index (κ3) is 5.21. The van der Waals surface area contributed by atoms with Crippen LogP contribution in [0.15, 0.2) is 42.5 Å². The number of carbonyl (C=O) groups is 2. The molecule has 2 amide bonds. The fourth-order valence-corrected chi connectivity index (χ4v) is 4.31. The number of amides is 2. The van der Waals surface area contributed by atoms with E-state index < -0.39 is 11.6 Å². The van der Waals surface area contributed by atoms with E-state index in [1.807, 2.05) is 18.2 Å². The van der Waals surface area contributed by atoms with Gasteiger partial charge in [0.1, 0.15) is 11.9 Å². The van der Waals surface area contributed by atoms with Crippen molar-refractivity contribution in [2.75, 3.05) is 19.8 Å². The Bertz CT molecular complexity index is 1070. The number of ether oxygens (including phenoxy) is 1. The number of rotatable bonds is 5. The molecule has 0 unspecified atom stereocenters. The second-order valence-electron chi connectivity index (χ2n) is 8.71. The van der Waals surface area contributed by atoms with Gasteiger partial charge < -0.3 is 20.7 Å². The summed E-state index contributed by atoms with van der Waals surface area (Å²) in [6.45, 7) is 1.91. The van der Waals surface area contributed by atoms with E-state index in [4.69, 9.17) is 10.5 Å². The summed E-state index contributed by atoms with van der Waals surface area (Å²) in [5.74, 6) is -0.810.